The molecule has 0 aromatic rings. The molecule has 0 radical (unpaired) electrons. The molecule has 0 fully saturated rings. The van der Waals surface area contributed by atoms with Gasteiger partial charge < -0.3 is 20.3 Å². The molecule has 0 heterocycles. The van der Waals surface area contributed by atoms with Crippen molar-refractivity contribution in [2.75, 3.05) is 13.2 Å². The van der Waals surface area contributed by atoms with Crippen LogP contribution in [0.4, 0.5) is 0 Å². The van der Waals surface area contributed by atoms with E-state index in [2.05, 4.69) is 43.5 Å². The van der Waals surface area contributed by atoms with Crippen LogP contribution in [0.2, 0.25) is 0 Å². The van der Waals surface area contributed by atoms with Gasteiger partial charge in [0.2, 0.25) is 5.91 Å². The van der Waals surface area contributed by atoms with Gasteiger partial charge in [-0.05, 0) is 64.2 Å². The van der Waals surface area contributed by atoms with Crippen LogP contribution in [-0.4, -0.2) is 47.4 Å². The van der Waals surface area contributed by atoms with E-state index < -0.39 is 12.1 Å². The lowest BCUT2D eigenvalue weighted by atomic mass is 10.0. The fraction of sp³-hybridized carbons (Fsp3) is 0.893. The fourth-order valence-corrected chi connectivity index (χ4v) is 11.6. The monoisotopic (exact) mass is 1140 g/mol. The lowest BCUT2D eigenvalue weighted by Gasteiger charge is -2.20. The van der Waals surface area contributed by atoms with Gasteiger partial charge in [-0.1, -0.05) is 365 Å². The van der Waals surface area contributed by atoms with Crippen molar-refractivity contribution in [3.05, 3.63) is 36.5 Å². The van der Waals surface area contributed by atoms with E-state index >= 15 is 0 Å². The first kappa shape index (κ1) is 79.1. The first-order valence-corrected chi connectivity index (χ1v) is 36.8. The third kappa shape index (κ3) is 67.1. The number of nitrogens with one attached hydrogen (secondary N) is 1. The van der Waals surface area contributed by atoms with Gasteiger partial charge in [0.15, 0.2) is 0 Å². The molecular weight excluding hydrogens is 995 g/mol. The highest BCUT2D eigenvalue weighted by Gasteiger charge is 2.18. The quantitative estimate of drug-likeness (QED) is 0.0320. The van der Waals surface area contributed by atoms with Crippen LogP contribution in [0.25, 0.3) is 0 Å². The zero-order valence-corrected chi connectivity index (χ0v) is 54.8. The van der Waals surface area contributed by atoms with E-state index in [1.54, 1.807) is 6.08 Å². The number of allylic oxidation sites excluding steroid dienone is 5. The Morgan fingerprint density at radius 2 is 0.617 bits per heavy atom. The highest BCUT2D eigenvalue weighted by atomic mass is 16.5. The third-order valence-electron chi connectivity index (χ3n) is 17.2. The van der Waals surface area contributed by atoms with Crippen molar-refractivity contribution in [3.63, 3.8) is 0 Å². The Balaban J connectivity index is 3.34. The van der Waals surface area contributed by atoms with Gasteiger partial charge >= 0.3 is 5.97 Å². The summed E-state index contributed by atoms with van der Waals surface area (Å²) in [6.07, 6.45) is 90.9. The molecule has 81 heavy (non-hydrogen) atoms. The third-order valence-corrected chi connectivity index (χ3v) is 17.2. The molecule has 0 rings (SSSR count). The number of aliphatic hydroxyl groups excluding tert-OH is 2. The van der Waals surface area contributed by atoms with E-state index in [0.717, 1.165) is 51.4 Å². The van der Waals surface area contributed by atoms with Gasteiger partial charge in [-0.2, -0.15) is 0 Å². The standard InChI is InChI=1S/C75H143NO5/c1-3-5-7-9-11-13-15-17-19-21-33-37-41-45-49-53-57-61-65-69-75(80)81-70-66-62-58-54-50-46-42-38-35-32-30-28-26-24-22-23-25-27-29-31-34-36-40-44-48-52-56-60-64-68-74(79)76-72(71-77)73(78)67-63-59-55-51-47-43-39-20-18-16-14-12-10-8-6-4-2/h11,13,17,19,63,67,72-73,77-78H,3-10,12,14-16,18,20-62,64-66,68-71H2,1-2H3,(H,76,79)/b13-11-,19-17-,67-63+. The van der Waals surface area contributed by atoms with E-state index in [1.165, 1.54) is 327 Å². The molecule has 0 aromatic heterocycles. The second kappa shape index (κ2) is 70.6. The zero-order valence-electron chi connectivity index (χ0n) is 54.8. The van der Waals surface area contributed by atoms with Gasteiger partial charge in [0.1, 0.15) is 0 Å². The molecule has 0 aromatic carbocycles. The summed E-state index contributed by atoms with van der Waals surface area (Å²) in [7, 11) is 0. The van der Waals surface area contributed by atoms with Crippen LogP contribution in [0.1, 0.15) is 406 Å². The number of amides is 1. The predicted octanol–water partition coefficient (Wildman–Crippen LogP) is 23.9. The minimum atomic E-state index is -0.842. The van der Waals surface area contributed by atoms with Crippen LogP contribution < -0.4 is 5.32 Å². The average molecular weight is 1140 g/mol. The number of unbranched alkanes of at least 4 members (excludes halogenated alkanes) is 54. The predicted molar refractivity (Wildman–Crippen MR) is 356 cm³/mol. The lowest BCUT2D eigenvalue weighted by molar-refractivity contribution is -0.143. The minimum Gasteiger partial charge on any atom is -0.466 e. The number of hydrogen-bond acceptors (Lipinski definition) is 5. The highest BCUT2D eigenvalue weighted by molar-refractivity contribution is 5.76. The Hall–Kier alpha value is -1.92. The van der Waals surface area contributed by atoms with Gasteiger partial charge in [-0.3, -0.25) is 9.59 Å². The summed E-state index contributed by atoms with van der Waals surface area (Å²) in [5.41, 5.74) is 0. The fourth-order valence-electron chi connectivity index (χ4n) is 11.6. The molecule has 0 aliphatic rings. The Kier molecular flexibility index (Phi) is 68.9. The zero-order chi connectivity index (χ0) is 58.5. The van der Waals surface area contributed by atoms with Crippen molar-refractivity contribution in [1.82, 2.24) is 5.32 Å². The topological polar surface area (TPSA) is 95.9 Å². The van der Waals surface area contributed by atoms with E-state index in [4.69, 9.17) is 4.74 Å². The number of carbonyl (C=O) groups is 2. The van der Waals surface area contributed by atoms with Crippen molar-refractivity contribution in [1.29, 1.82) is 0 Å². The van der Waals surface area contributed by atoms with Crippen LogP contribution in [0, 0.1) is 0 Å². The molecule has 0 bridgehead atoms. The van der Waals surface area contributed by atoms with Crippen LogP contribution in [0.15, 0.2) is 36.5 Å². The molecule has 1 amide bonds. The Labute approximate surface area is 506 Å². The molecule has 6 nitrogen and oxygen atoms in total. The summed E-state index contributed by atoms with van der Waals surface area (Å²) in [5, 5.41) is 23.2. The lowest BCUT2D eigenvalue weighted by Crippen LogP contribution is -2.45. The molecule has 6 heteroatoms. The van der Waals surface area contributed by atoms with E-state index in [1.807, 2.05) is 6.08 Å². The maximum Gasteiger partial charge on any atom is 0.305 e. The van der Waals surface area contributed by atoms with E-state index in [0.29, 0.717) is 19.4 Å². The number of hydrogen-bond donors (Lipinski definition) is 3. The molecule has 0 spiro atoms. The molecular formula is C75H143NO5. The Morgan fingerprint density at radius 1 is 0.346 bits per heavy atom. The van der Waals surface area contributed by atoms with Crippen LogP contribution in [0.3, 0.4) is 0 Å². The maximum atomic E-state index is 12.5. The molecule has 2 unspecified atom stereocenters. The molecule has 0 aliphatic carbocycles. The van der Waals surface area contributed by atoms with Crippen molar-refractivity contribution < 1.29 is 24.5 Å². The largest absolute Gasteiger partial charge is 0.466 e. The highest BCUT2D eigenvalue weighted by Crippen LogP contribution is 2.19. The Bertz CT molecular complexity index is 1310. The molecule has 0 aliphatic heterocycles. The van der Waals surface area contributed by atoms with Crippen LogP contribution >= 0.6 is 0 Å². The smallest absolute Gasteiger partial charge is 0.305 e. The first-order valence-electron chi connectivity index (χ1n) is 36.8. The summed E-state index contributed by atoms with van der Waals surface area (Å²) in [5.74, 6) is -0.0458. The summed E-state index contributed by atoms with van der Waals surface area (Å²) in [6.45, 7) is 4.91. The van der Waals surface area contributed by atoms with Gasteiger partial charge in [-0.15, -0.1) is 0 Å². The SMILES string of the molecule is CCCCC/C=C\C/C=C\CCCCCCCCCCCC(=O)OCCCCCCCCCCCCCCCCCCCCCCCCCCCCCCCC(=O)NC(CO)C(O)/C=C/CCCCCCCCCCCCCCCC. The second-order valence-corrected chi connectivity index (χ2v) is 25.3. The molecule has 3 N–H and O–H groups in total. The summed E-state index contributed by atoms with van der Waals surface area (Å²) in [4.78, 5) is 24.6. The Morgan fingerprint density at radius 3 is 0.963 bits per heavy atom. The van der Waals surface area contributed by atoms with Gasteiger partial charge in [0.25, 0.3) is 0 Å². The molecule has 2 atom stereocenters. The number of esters is 1. The van der Waals surface area contributed by atoms with E-state index in [9.17, 15) is 19.8 Å². The molecule has 478 valence electrons. The van der Waals surface area contributed by atoms with Gasteiger partial charge in [-0.25, -0.2) is 0 Å². The number of ether oxygens (including phenoxy) is 1. The number of rotatable bonds is 69. The summed E-state index contributed by atoms with van der Waals surface area (Å²) < 4.78 is 5.51. The average Bonchev–Trinajstić information content (AvgIpc) is 3.47. The maximum absolute atomic E-state index is 12.5. The van der Waals surface area contributed by atoms with Crippen LogP contribution in [-0.2, 0) is 14.3 Å². The summed E-state index contributed by atoms with van der Waals surface area (Å²) >= 11 is 0. The van der Waals surface area contributed by atoms with Gasteiger partial charge in [0.05, 0.1) is 25.4 Å². The molecule has 0 saturated heterocycles. The molecule has 0 saturated carbocycles. The first-order chi connectivity index (χ1) is 40.0. The number of carbonyl (C=O) groups excluding carboxylic acids is 2. The van der Waals surface area contributed by atoms with Crippen molar-refractivity contribution in [3.8, 4) is 0 Å². The van der Waals surface area contributed by atoms with Gasteiger partial charge in [0, 0.05) is 12.8 Å². The van der Waals surface area contributed by atoms with Crippen molar-refractivity contribution >= 4 is 11.9 Å². The van der Waals surface area contributed by atoms with Crippen molar-refractivity contribution in [2.24, 2.45) is 0 Å². The normalized spacial score (nSPS) is 12.7. The van der Waals surface area contributed by atoms with Crippen LogP contribution in [0.5, 0.6) is 0 Å². The van der Waals surface area contributed by atoms with Crippen molar-refractivity contribution in [2.45, 2.75) is 418 Å². The van der Waals surface area contributed by atoms with E-state index in [-0.39, 0.29) is 18.5 Å². The second-order valence-electron chi connectivity index (χ2n) is 25.3. The number of aliphatic hydroxyl groups is 2. The summed E-state index contributed by atoms with van der Waals surface area (Å²) in [6, 6.07) is -0.625. The minimum absolute atomic E-state index is 0.0159.